The minimum absolute atomic E-state index is 0. The van der Waals surface area contributed by atoms with E-state index in [2.05, 4.69) is 0 Å². The summed E-state index contributed by atoms with van der Waals surface area (Å²) in [5.74, 6) is -0.278. The van der Waals surface area contributed by atoms with Crippen LogP contribution in [0, 0.1) is 11.7 Å². The van der Waals surface area contributed by atoms with Crippen molar-refractivity contribution in [2.75, 3.05) is 6.54 Å². The summed E-state index contributed by atoms with van der Waals surface area (Å²) in [6, 6.07) is 5.78. The monoisotopic (exact) mass is 288 g/mol. The third-order valence-corrected chi connectivity index (χ3v) is 2.96. The minimum atomic E-state index is -0.501. The summed E-state index contributed by atoms with van der Waals surface area (Å²) in [5, 5.41) is 0. The Morgan fingerprint density at radius 1 is 1.42 bits per heavy atom. The van der Waals surface area contributed by atoms with Gasteiger partial charge in [-0.05, 0) is 30.5 Å². The number of benzene rings is 1. The quantitative estimate of drug-likeness (QED) is 0.905. The third-order valence-electron chi connectivity index (χ3n) is 2.96. The van der Waals surface area contributed by atoms with Gasteiger partial charge < -0.3 is 10.6 Å². The van der Waals surface area contributed by atoms with Crippen LogP contribution in [0.2, 0.25) is 0 Å². The number of nitrogens with two attached hydrogens (primary N) is 1. The molecule has 108 valence electrons. The highest BCUT2D eigenvalue weighted by atomic mass is 35.5. The Hall–Kier alpha value is -1.13. The predicted molar refractivity (Wildman–Crippen MR) is 77.6 cm³/mol. The molecule has 1 unspecified atom stereocenters. The van der Waals surface area contributed by atoms with Crippen LogP contribution in [-0.2, 0) is 11.3 Å². The van der Waals surface area contributed by atoms with Gasteiger partial charge in [0.1, 0.15) is 5.82 Å². The highest BCUT2D eigenvalue weighted by Crippen LogP contribution is 2.10. The molecule has 0 aromatic heterocycles. The fourth-order valence-electron chi connectivity index (χ4n) is 1.70. The lowest BCUT2D eigenvalue weighted by Crippen LogP contribution is -2.46. The molecule has 0 saturated carbocycles. The van der Waals surface area contributed by atoms with Crippen LogP contribution in [0.5, 0.6) is 0 Å². The minimum Gasteiger partial charge on any atom is -0.337 e. The van der Waals surface area contributed by atoms with Gasteiger partial charge in [0.2, 0.25) is 5.91 Å². The summed E-state index contributed by atoms with van der Waals surface area (Å²) in [6.45, 7) is 6.69. The number of rotatable bonds is 5. The lowest BCUT2D eigenvalue weighted by atomic mass is 10.0. The van der Waals surface area contributed by atoms with Gasteiger partial charge in [0.25, 0.3) is 0 Å². The van der Waals surface area contributed by atoms with E-state index in [1.54, 1.807) is 17.0 Å². The van der Waals surface area contributed by atoms with E-state index in [1.807, 2.05) is 20.8 Å². The largest absolute Gasteiger partial charge is 0.337 e. The van der Waals surface area contributed by atoms with E-state index in [1.165, 1.54) is 12.1 Å². The zero-order valence-corrected chi connectivity index (χ0v) is 12.4. The van der Waals surface area contributed by atoms with Crippen LogP contribution in [0.1, 0.15) is 26.3 Å². The van der Waals surface area contributed by atoms with Crippen LogP contribution in [0.25, 0.3) is 0 Å². The Balaban J connectivity index is 0.00000324. The summed E-state index contributed by atoms with van der Waals surface area (Å²) >= 11 is 0. The SMILES string of the molecule is CCN(Cc1cccc(F)c1)C(=O)C(N)C(C)C.Cl. The molecule has 1 aromatic carbocycles. The maximum absolute atomic E-state index is 13.1. The number of amides is 1. The number of likely N-dealkylation sites (N-methyl/N-ethyl adjacent to an activating group) is 1. The molecule has 0 aliphatic carbocycles. The van der Waals surface area contributed by atoms with Crippen molar-refractivity contribution < 1.29 is 9.18 Å². The van der Waals surface area contributed by atoms with E-state index in [0.717, 1.165) is 5.56 Å². The second-order valence-corrected chi connectivity index (χ2v) is 4.75. The number of hydrogen-bond donors (Lipinski definition) is 1. The van der Waals surface area contributed by atoms with Gasteiger partial charge in [0.15, 0.2) is 0 Å². The fourth-order valence-corrected chi connectivity index (χ4v) is 1.70. The Morgan fingerprint density at radius 3 is 2.53 bits per heavy atom. The maximum atomic E-state index is 13.1. The number of carbonyl (C=O) groups is 1. The number of nitrogens with zero attached hydrogens (tertiary/aromatic N) is 1. The zero-order chi connectivity index (χ0) is 13.7. The van der Waals surface area contributed by atoms with Gasteiger partial charge in [-0.25, -0.2) is 4.39 Å². The van der Waals surface area contributed by atoms with E-state index < -0.39 is 6.04 Å². The van der Waals surface area contributed by atoms with E-state index in [-0.39, 0.29) is 30.0 Å². The summed E-state index contributed by atoms with van der Waals surface area (Å²) < 4.78 is 13.1. The first-order valence-corrected chi connectivity index (χ1v) is 6.24. The highest BCUT2D eigenvalue weighted by molar-refractivity contribution is 5.85. The molecule has 0 radical (unpaired) electrons. The number of hydrogen-bond acceptors (Lipinski definition) is 2. The molecule has 0 aliphatic rings. The second kappa shape index (κ2) is 8.12. The topological polar surface area (TPSA) is 46.3 Å². The molecule has 0 aliphatic heterocycles. The van der Waals surface area contributed by atoms with Gasteiger partial charge in [0.05, 0.1) is 6.04 Å². The molecular formula is C14H22ClFN2O. The van der Waals surface area contributed by atoms with Crippen molar-refractivity contribution in [2.24, 2.45) is 11.7 Å². The molecule has 0 heterocycles. The average Bonchev–Trinajstić information content (AvgIpc) is 2.34. The number of carbonyl (C=O) groups excluding carboxylic acids is 1. The summed E-state index contributed by atoms with van der Waals surface area (Å²) in [7, 11) is 0. The molecule has 1 rings (SSSR count). The van der Waals surface area contributed by atoms with Crippen molar-refractivity contribution in [3.8, 4) is 0 Å². The fraction of sp³-hybridized carbons (Fsp3) is 0.500. The summed E-state index contributed by atoms with van der Waals surface area (Å²) in [5.41, 5.74) is 6.63. The molecular weight excluding hydrogens is 267 g/mol. The first kappa shape index (κ1) is 17.9. The Morgan fingerprint density at radius 2 is 2.05 bits per heavy atom. The van der Waals surface area contributed by atoms with E-state index in [9.17, 15) is 9.18 Å². The Kier molecular flexibility index (Phi) is 7.64. The normalized spacial score (nSPS) is 11.9. The van der Waals surface area contributed by atoms with E-state index >= 15 is 0 Å². The van der Waals surface area contributed by atoms with Gasteiger partial charge in [0, 0.05) is 13.1 Å². The molecule has 19 heavy (non-hydrogen) atoms. The molecule has 5 heteroatoms. The molecule has 0 spiro atoms. The molecule has 0 fully saturated rings. The van der Waals surface area contributed by atoms with Gasteiger partial charge in [-0.1, -0.05) is 26.0 Å². The maximum Gasteiger partial charge on any atom is 0.240 e. The predicted octanol–water partition coefficient (Wildman–Crippen LogP) is 2.58. The average molecular weight is 289 g/mol. The van der Waals surface area contributed by atoms with Crippen molar-refractivity contribution in [1.29, 1.82) is 0 Å². The molecule has 0 saturated heterocycles. The smallest absolute Gasteiger partial charge is 0.240 e. The molecule has 1 atom stereocenters. The molecule has 3 nitrogen and oxygen atoms in total. The van der Waals surface area contributed by atoms with Crippen LogP contribution in [0.3, 0.4) is 0 Å². The second-order valence-electron chi connectivity index (χ2n) is 4.75. The third kappa shape index (κ3) is 5.17. The lowest BCUT2D eigenvalue weighted by Gasteiger charge is -2.26. The Bertz CT molecular complexity index is 412. The van der Waals surface area contributed by atoms with Crippen molar-refractivity contribution >= 4 is 18.3 Å². The van der Waals surface area contributed by atoms with Crippen molar-refractivity contribution in [3.63, 3.8) is 0 Å². The van der Waals surface area contributed by atoms with Crippen molar-refractivity contribution in [3.05, 3.63) is 35.6 Å². The Labute approximate surface area is 120 Å². The van der Waals surface area contributed by atoms with Gasteiger partial charge in [-0.2, -0.15) is 0 Å². The summed E-state index contributed by atoms with van der Waals surface area (Å²) in [4.78, 5) is 13.8. The highest BCUT2D eigenvalue weighted by Gasteiger charge is 2.22. The first-order valence-electron chi connectivity index (χ1n) is 6.24. The molecule has 1 amide bonds. The van der Waals surface area contributed by atoms with Gasteiger partial charge in [-0.3, -0.25) is 4.79 Å². The molecule has 2 N–H and O–H groups in total. The van der Waals surface area contributed by atoms with Crippen LogP contribution >= 0.6 is 12.4 Å². The summed E-state index contributed by atoms with van der Waals surface area (Å²) in [6.07, 6.45) is 0. The van der Waals surface area contributed by atoms with Crippen molar-refractivity contribution in [2.45, 2.75) is 33.4 Å². The van der Waals surface area contributed by atoms with Gasteiger partial charge in [-0.15, -0.1) is 12.4 Å². The van der Waals surface area contributed by atoms with Crippen LogP contribution in [0.15, 0.2) is 24.3 Å². The van der Waals surface area contributed by atoms with Crippen LogP contribution in [-0.4, -0.2) is 23.4 Å². The zero-order valence-electron chi connectivity index (χ0n) is 11.6. The molecule has 1 aromatic rings. The van der Waals surface area contributed by atoms with Crippen molar-refractivity contribution in [1.82, 2.24) is 4.90 Å². The van der Waals surface area contributed by atoms with E-state index in [4.69, 9.17) is 5.73 Å². The van der Waals surface area contributed by atoms with Crippen LogP contribution < -0.4 is 5.73 Å². The standard InChI is InChI=1S/C14H21FN2O.ClH/c1-4-17(14(18)13(16)10(2)3)9-11-6-5-7-12(15)8-11;/h5-8,10,13H,4,9,16H2,1-3H3;1H. The van der Waals surface area contributed by atoms with Gasteiger partial charge >= 0.3 is 0 Å². The molecule has 0 bridgehead atoms. The van der Waals surface area contributed by atoms with E-state index in [0.29, 0.717) is 13.1 Å². The van der Waals surface area contributed by atoms with Crippen LogP contribution in [0.4, 0.5) is 4.39 Å². The lowest BCUT2D eigenvalue weighted by molar-refractivity contribution is -0.134. The number of halogens is 2. The first-order chi connectivity index (χ1) is 8.45.